The van der Waals surface area contributed by atoms with Gasteiger partial charge in [-0.05, 0) is 27.2 Å². The molecular weight excluding hydrogens is 336 g/mol. The minimum atomic E-state index is -3.24. The first-order valence-electron chi connectivity index (χ1n) is 7.52. The number of rotatable bonds is 5. The third-order valence-corrected chi connectivity index (χ3v) is 4.07. The molecule has 8 nitrogen and oxygen atoms in total. The van der Waals surface area contributed by atoms with E-state index >= 15 is 0 Å². The molecule has 1 fully saturated rings. The Hall–Kier alpha value is -1.35. The monoisotopic (exact) mass is 366 g/mol. The van der Waals surface area contributed by atoms with Crippen LogP contribution in [0.25, 0.3) is 0 Å². The molecule has 0 saturated carbocycles. The number of nitrogens with zero attached hydrogens (tertiary/aromatic N) is 1. The predicted molar refractivity (Wildman–Crippen MR) is 91.6 cm³/mol. The average molecular weight is 366 g/mol. The summed E-state index contributed by atoms with van der Waals surface area (Å²) in [6, 6.07) is -0.933. The van der Waals surface area contributed by atoms with Crippen LogP contribution in [0.3, 0.4) is 0 Å². The zero-order valence-corrected chi connectivity index (χ0v) is 14.9. The lowest BCUT2D eigenvalue weighted by Gasteiger charge is -2.31. The maximum Gasteiger partial charge on any atom is 0.408 e. The van der Waals surface area contributed by atoms with E-state index in [2.05, 4.69) is 5.32 Å². The molecule has 0 aromatic rings. The molecule has 142 valence electrons. The van der Waals surface area contributed by atoms with Crippen molar-refractivity contribution in [2.24, 2.45) is 0 Å². The number of nitrogens with one attached hydrogen (secondary N) is 1. The molecule has 0 aliphatic carbocycles. The van der Waals surface area contributed by atoms with E-state index < -0.39 is 27.6 Å². The molecule has 1 aliphatic rings. The SMILES string of the molecule is C.CC(C)(C)OC(=O)N[C@@H](CCS(C)(=O)=O)C(=O)N1CCOCC1. The van der Waals surface area contributed by atoms with Gasteiger partial charge in [0.05, 0.1) is 19.0 Å². The Labute approximate surface area is 144 Å². The van der Waals surface area contributed by atoms with E-state index in [0.29, 0.717) is 26.3 Å². The van der Waals surface area contributed by atoms with Gasteiger partial charge in [-0.2, -0.15) is 0 Å². The number of alkyl carbamates (subject to hydrolysis) is 1. The number of hydrogen-bond acceptors (Lipinski definition) is 6. The summed E-state index contributed by atoms with van der Waals surface area (Å²) in [5.74, 6) is -0.508. The van der Waals surface area contributed by atoms with E-state index in [1.54, 1.807) is 25.7 Å². The summed E-state index contributed by atoms with van der Waals surface area (Å²) in [5.41, 5.74) is -0.701. The third-order valence-electron chi connectivity index (χ3n) is 3.09. The zero-order chi connectivity index (χ0) is 17.7. The van der Waals surface area contributed by atoms with Crippen molar-refractivity contribution in [3.63, 3.8) is 0 Å². The van der Waals surface area contributed by atoms with Crippen LogP contribution in [-0.4, -0.2) is 75.3 Å². The molecule has 1 N–H and O–H groups in total. The molecule has 1 heterocycles. The van der Waals surface area contributed by atoms with E-state index in [1.807, 2.05) is 0 Å². The first-order chi connectivity index (χ1) is 10.5. The quantitative estimate of drug-likeness (QED) is 0.772. The number of carbonyl (C=O) groups is 2. The van der Waals surface area contributed by atoms with Crippen molar-refractivity contribution >= 4 is 21.8 Å². The van der Waals surface area contributed by atoms with Crippen molar-refractivity contribution < 1.29 is 27.5 Å². The smallest absolute Gasteiger partial charge is 0.408 e. The van der Waals surface area contributed by atoms with Gasteiger partial charge in [-0.1, -0.05) is 7.43 Å². The van der Waals surface area contributed by atoms with Crippen LogP contribution < -0.4 is 5.32 Å². The lowest BCUT2D eigenvalue weighted by Crippen LogP contribution is -2.53. The van der Waals surface area contributed by atoms with Crippen LogP contribution in [0.4, 0.5) is 4.79 Å². The van der Waals surface area contributed by atoms with Crippen molar-refractivity contribution in [1.82, 2.24) is 10.2 Å². The number of ether oxygens (including phenoxy) is 2. The van der Waals surface area contributed by atoms with Crippen LogP contribution in [-0.2, 0) is 24.1 Å². The van der Waals surface area contributed by atoms with Gasteiger partial charge in [0, 0.05) is 19.3 Å². The molecule has 1 rings (SSSR count). The lowest BCUT2D eigenvalue weighted by atomic mass is 10.2. The number of carbonyl (C=O) groups excluding carboxylic acids is 2. The van der Waals surface area contributed by atoms with Gasteiger partial charge in [0.2, 0.25) is 5.91 Å². The normalized spacial score (nSPS) is 16.8. The van der Waals surface area contributed by atoms with Crippen molar-refractivity contribution in [1.29, 1.82) is 0 Å². The molecule has 24 heavy (non-hydrogen) atoms. The van der Waals surface area contributed by atoms with Crippen LogP contribution >= 0.6 is 0 Å². The van der Waals surface area contributed by atoms with Gasteiger partial charge in [0.15, 0.2) is 0 Å². The summed E-state index contributed by atoms with van der Waals surface area (Å²) in [4.78, 5) is 26.0. The molecule has 1 saturated heterocycles. The molecule has 1 atom stereocenters. The molecule has 2 amide bonds. The maximum atomic E-state index is 12.5. The topological polar surface area (TPSA) is 102 Å². The third kappa shape index (κ3) is 9.07. The van der Waals surface area contributed by atoms with E-state index in [4.69, 9.17) is 9.47 Å². The number of morpholine rings is 1. The molecule has 0 unspecified atom stereocenters. The van der Waals surface area contributed by atoms with Crippen molar-refractivity contribution in [3.8, 4) is 0 Å². The van der Waals surface area contributed by atoms with Crippen molar-refractivity contribution in [2.75, 3.05) is 38.3 Å². The highest BCUT2D eigenvalue weighted by Gasteiger charge is 2.29. The fourth-order valence-electron chi connectivity index (χ4n) is 2.04. The van der Waals surface area contributed by atoms with Crippen molar-refractivity contribution in [3.05, 3.63) is 0 Å². The van der Waals surface area contributed by atoms with Crippen molar-refractivity contribution in [2.45, 2.75) is 46.3 Å². The van der Waals surface area contributed by atoms with Crippen LogP contribution in [0.15, 0.2) is 0 Å². The van der Waals surface area contributed by atoms with Crippen LogP contribution in [0, 0.1) is 0 Å². The van der Waals surface area contributed by atoms with Gasteiger partial charge in [0.1, 0.15) is 21.5 Å². The van der Waals surface area contributed by atoms with Crippen LogP contribution in [0.1, 0.15) is 34.6 Å². The first kappa shape index (κ1) is 22.6. The fraction of sp³-hybridized carbons (Fsp3) is 0.867. The Balaban J connectivity index is 0.00000529. The summed E-state index contributed by atoms with van der Waals surface area (Å²) in [6.45, 7) is 6.83. The summed E-state index contributed by atoms with van der Waals surface area (Å²) in [7, 11) is -3.24. The molecular formula is C15H30N2O6S. The van der Waals surface area contributed by atoms with Gasteiger partial charge in [-0.25, -0.2) is 13.2 Å². The lowest BCUT2D eigenvalue weighted by molar-refractivity contribution is -0.137. The Morgan fingerprint density at radius 3 is 2.25 bits per heavy atom. The Morgan fingerprint density at radius 2 is 1.79 bits per heavy atom. The summed E-state index contributed by atoms with van der Waals surface area (Å²) >= 11 is 0. The molecule has 0 aromatic heterocycles. The molecule has 0 aromatic carbocycles. The zero-order valence-electron chi connectivity index (χ0n) is 14.1. The predicted octanol–water partition coefficient (Wildman–Crippen LogP) is 0.809. The molecule has 9 heteroatoms. The van der Waals surface area contributed by atoms with Crippen LogP contribution in [0.5, 0.6) is 0 Å². The highest BCUT2D eigenvalue weighted by Crippen LogP contribution is 2.09. The largest absolute Gasteiger partial charge is 0.444 e. The number of amides is 2. The molecule has 1 aliphatic heterocycles. The second-order valence-corrected chi connectivity index (χ2v) is 8.81. The van der Waals surface area contributed by atoms with Gasteiger partial charge in [-0.15, -0.1) is 0 Å². The van der Waals surface area contributed by atoms with Gasteiger partial charge < -0.3 is 19.7 Å². The molecule has 0 bridgehead atoms. The van der Waals surface area contributed by atoms with Gasteiger partial charge in [-0.3, -0.25) is 4.79 Å². The highest BCUT2D eigenvalue weighted by atomic mass is 32.2. The minimum absolute atomic E-state index is 0. The fourth-order valence-corrected chi connectivity index (χ4v) is 2.71. The first-order valence-corrected chi connectivity index (χ1v) is 9.58. The Morgan fingerprint density at radius 1 is 1.25 bits per heavy atom. The van der Waals surface area contributed by atoms with E-state index in [9.17, 15) is 18.0 Å². The summed E-state index contributed by atoms with van der Waals surface area (Å²) in [6.07, 6.45) is 0.364. The summed E-state index contributed by atoms with van der Waals surface area (Å²) in [5, 5.41) is 2.49. The minimum Gasteiger partial charge on any atom is -0.444 e. The summed E-state index contributed by atoms with van der Waals surface area (Å²) < 4.78 is 33.1. The van der Waals surface area contributed by atoms with E-state index in [1.165, 1.54) is 0 Å². The number of hydrogen-bond donors (Lipinski definition) is 1. The maximum absolute atomic E-state index is 12.5. The van der Waals surface area contributed by atoms with E-state index in [-0.39, 0.29) is 25.5 Å². The Kier molecular flexibility index (Phi) is 8.70. The van der Waals surface area contributed by atoms with Crippen LogP contribution in [0.2, 0.25) is 0 Å². The highest BCUT2D eigenvalue weighted by molar-refractivity contribution is 7.90. The second kappa shape index (κ2) is 9.22. The standard InChI is InChI=1S/C14H26N2O6S.CH4/c1-14(2,3)22-13(18)15-11(5-10-23(4,19)20)12(17)16-6-8-21-9-7-16;/h11H,5-10H2,1-4H3,(H,15,18);1H4/t11-;/m0./s1. The van der Waals surface area contributed by atoms with E-state index in [0.717, 1.165) is 6.26 Å². The Bertz CT molecular complexity index is 521. The molecule has 0 spiro atoms. The van der Waals surface area contributed by atoms with Gasteiger partial charge in [0.25, 0.3) is 0 Å². The molecule has 0 radical (unpaired) electrons. The van der Waals surface area contributed by atoms with Gasteiger partial charge >= 0.3 is 6.09 Å². The average Bonchev–Trinajstić information content (AvgIpc) is 2.40. The second-order valence-electron chi connectivity index (χ2n) is 6.56. The number of sulfone groups is 1.